The minimum Gasteiger partial charge on any atom is -0.501 e. The Bertz CT molecular complexity index is 1050. The van der Waals surface area contributed by atoms with Gasteiger partial charge in [0.1, 0.15) is 11.1 Å². The zero-order chi connectivity index (χ0) is 25.1. The first-order valence-electron chi connectivity index (χ1n) is 9.74. The number of carbonyl (C=O) groups is 2. The van der Waals surface area contributed by atoms with E-state index in [0.29, 0.717) is 0 Å². The smallest absolute Gasteiger partial charge is 0.342 e. The minimum atomic E-state index is -1.28. The molecule has 0 aliphatic rings. The van der Waals surface area contributed by atoms with Crippen molar-refractivity contribution in [1.29, 1.82) is 0 Å². The summed E-state index contributed by atoms with van der Waals surface area (Å²) in [6.45, 7) is 6.00. The number of phenols is 2. The summed E-state index contributed by atoms with van der Waals surface area (Å²) >= 11 is 0. The zero-order valence-corrected chi connectivity index (χ0v) is 18.3. The van der Waals surface area contributed by atoms with Gasteiger partial charge in [0, 0.05) is 17.5 Å². The summed E-state index contributed by atoms with van der Waals surface area (Å²) in [4.78, 5) is 45.7. The molecule has 176 valence electrons. The number of aromatic hydroxyl groups is 2. The predicted octanol–water partition coefficient (Wildman–Crippen LogP) is 3.59. The summed E-state index contributed by atoms with van der Waals surface area (Å²) in [6, 6.07) is 4.37. The van der Waals surface area contributed by atoms with Crippen LogP contribution in [0.5, 0.6) is 11.5 Å². The molecule has 2 N–H and O–H groups in total. The molecule has 0 saturated heterocycles. The van der Waals surface area contributed by atoms with E-state index in [9.17, 15) is 40.0 Å². The van der Waals surface area contributed by atoms with Gasteiger partial charge in [0.2, 0.25) is 11.5 Å². The first-order valence-corrected chi connectivity index (χ1v) is 9.74. The van der Waals surface area contributed by atoms with Gasteiger partial charge in [0.15, 0.2) is 0 Å². The van der Waals surface area contributed by atoms with Crippen LogP contribution in [0.4, 0.5) is 11.4 Å². The maximum atomic E-state index is 12.3. The highest BCUT2D eigenvalue weighted by Crippen LogP contribution is 2.42. The molecule has 2 rings (SSSR count). The van der Waals surface area contributed by atoms with Gasteiger partial charge in [-0.05, 0) is 37.1 Å². The summed E-state index contributed by atoms with van der Waals surface area (Å²) in [5.41, 5.74) is -3.53. The molecule has 0 atom stereocenters. The summed E-state index contributed by atoms with van der Waals surface area (Å²) < 4.78 is 9.71. The molecule has 0 aliphatic heterocycles. The van der Waals surface area contributed by atoms with Crippen molar-refractivity contribution in [2.75, 3.05) is 13.2 Å². The average Bonchev–Trinajstić information content (AvgIpc) is 2.73. The van der Waals surface area contributed by atoms with Gasteiger partial charge in [-0.15, -0.1) is 0 Å². The second kappa shape index (κ2) is 9.51. The van der Waals surface area contributed by atoms with Gasteiger partial charge < -0.3 is 19.7 Å². The van der Waals surface area contributed by atoms with Crippen molar-refractivity contribution in [1.82, 2.24) is 0 Å². The van der Waals surface area contributed by atoms with Crippen LogP contribution < -0.4 is 0 Å². The number of benzene rings is 2. The van der Waals surface area contributed by atoms with Crippen molar-refractivity contribution in [3.8, 4) is 11.5 Å². The van der Waals surface area contributed by atoms with Gasteiger partial charge in [-0.3, -0.25) is 20.2 Å². The highest BCUT2D eigenvalue weighted by atomic mass is 16.6. The fourth-order valence-electron chi connectivity index (χ4n) is 3.13. The molecular formula is C21H22N2O10. The minimum absolute atomic E-state index is 0.0489. The second-order valence-corrected chi connectivity index (χ2v) is 7.36. The molecule has 0 spiro atoms. The number of hydrogen-bond acceptors (Lipinski definition) is 10. The van der Waals surface area contributed by atoms with E-state index in [1.54, 1.807) is 0 Å². The standard InChI is InChI=1S/C21H22N2O10/c1-5-32-19(26)13-7-11(9-15(17(13)24)22(28)29)21(3,4)12-8-14(20(27)33-6-2)18(25)16(10-12)23(30)31/h7-10,24-25H,5-6H2,1-4H3. The van der Waals surface area contributed by atoms with Crippen molar-refractivity contribution in [3.63, 3.8) is 0 Å². The van der Waals surface area contributed by atoms with Gasteiger partial charge in [-0.25, -0.2) is 9.59 Å². The van der Waals surface area contributed by atoms with Crippen molar-refractivity contribution in [3.05, 3.63) is 66.7 Å². The zero-order valence-electron chi connectivity index (χ0n) is 18.3. The maximum Gasteiger partial charge on any atom is 0.342 e. The van der Waals surface area contributed by atoms with E-state index >= 15 is 0 Å². The maximum absolute atomic E-state index is 12.3. The third-order valence-electron chi connectivity index (χ3n) is 5.01. The number of nitro groups is 2. The molecule has 12 heteroatoms. The number of nitrogens with zero attached hydrogens (tertiary/aromatic N) is 2. The molecule has 2 aromatic rings. The van der Waals surface area contributed by atoms with Gasteiger partial charge in [0.05, 0.1) is 23.1 Å². The number of ether oxygens (including phenoxy) is 2. The Kier molecular flexibility index (Phi) is 7.21. The quantitative estimate of drug-likeness (QED) is 0.334. The van der Waals surface area contributed by atoms with Gasteiger partial charge in [-0.2, -0.15) is 0 Å². The summed E-state index contributed by atoms with van der Waals surface area (Å²) in [5.74, 6) is -3.77. The molecule has 33 heavy (non-hydrogen) atoms. The first kappa shape index (κ1) is 25.0. The highest BCUT2D eigenvalue weighted by Gasteiger charge is 2.34. The van der Waals surface area contributed by atoms with Gasteiger partial charge >= 0.3 is 23.3 Å². The number of carbonyl (C=O) groups excluding carboxylic acids is 2. The molecule has 0 bridgehead atoms. The van der Waals surface area contributed by atoms with Gasteiger partial charge in [0.25, 0.3) is 0 Å². The van der Waals surface area contributed by atoms with E-state index in [1.165, 1.54) is 39.8 Å². The van der Waals surface area contributed by atoms with E-state index in [-0.39, 0.29) is 24.3 Å². The summed E-state index contributed by atoms with van der Waals surface area (Å²) in [7, 11) is 0. The van der Waals surface area contributed by atoms with Crippen LogP contribution in [0.3, 0.4) is 0 Å². The first-order chi connectivity index (χ1) is 15.4. The lowest BCUT2D eigenvalue weighted by atomic mass is 9.76. The topological polar surface area (TPSA) is 179 Å². The van der Waals surface area contributed by atoms with Gasteiger partial charge in [-0.1, -0.05) is 13.8 Å². The van der Waals surface area contributed by atoms with Crippen LogP contribution in [0.1, 0.15) is 59.5 Å². The van der Waals surface area contributed by atoms with Crippen LogP contribution in [0.25, 0.3) is 0 Å². The highest BCUT2D eigenvalue weighted by molar-refractivity contribution is 5.95. The monoisotopic (exact) mass is 462 g/mol. The van der Waals surface area contributed by atoms with E-state index in [2.05, 4.69) is 0 Å². The largest absolute Gasteiger partial charge is 0.501 e. The van der Waals surface area contributed by atoms with Crippen LogP contribution in [0.15, 0.2) is 24.3 Å². The Balaban J connectivity index is 2.82. The Morgan fingerprint density at radius 1 is 0.818 bits per heavy atom. The van der Waals surface area contributed by atoms with Crippen LogP contribution in [0, 0.1) is 20.2 Å². The number of phenolic OH excluding ortho intramolecular Hbond substituents is 2. The number of nitro benzene ring substituents is 2. The molecule has 2 aromatic carbocycles. The predicted molar refractivity (Wildman–Crippen MR) is 114 cm³/mol. The Labute approximate surface area is 187 Å². The lowest BCUT2D eigenvalue weighted by Crippen LogP contribution is -2.21. The Hall–Kier alpha value is -4.22. The van der Waals surface area contributed by atoms with Crippen molar-refractivity contribution >= 4 is 23.3 Å². The lowest BCUT2D eigenvalue weighted by Gasteiger charge is -2.27. The van der Waals surface area contributed by atoms with E-state index < -0.39 is 61.2 Å². The lowest BCUT2D eigenvalue weighted by molar-refractivity contribution is -0.386. The molecule has 0 aromatic heterocycles. The SMILES string of the molecule is CCOC(=O)c1cc(C(C)(C)c2cc(C(=O)OCC)c(O)c([N+](=O)[O-])c2)cc([N+](=O)[O-])c1O. The molecule has 0 amide bonds. The van der Waals surface area contributed by atoms with E-state index in [4.69, 9.17) is 9.47 Å². The third kappa shape index (κ3) is 4.84. The van der Waals surface area contributed by atoms with Crippen molar-refractivity contribution in [2.45, 2.75) is 33.1 Å². The fourth-order valence-corrected chi connectivity index (χ4v) is 3.13. The molecule has 12 nitrogen and oxygen atoms in total. The second-order valence-electron chi connectivity index (χ2n) is 7.36. The molecule has 0 fully saturated rings. The van der Waals surface area contributed by atoms with Crippen LogP contribution in [0.2, 0.25) is 0 Å². The molecule has 0 aliphatic carbocycles. The number of esters is 2. The summed E-state index contributed by atoms with van der Waals surface area (Å²) in [6.07, 6.45) is 0. The average molecular weight is 462 g/mol. The molecular weight excluding hydrogens is 440 g/mol. The molecule has 0 unspecified atom stereocenters. The van der Waals surface area contributed by atoms with Crippen molar-refractivity contribution < 1.29 is 39.1 Å². The van der Waals surface area contributed by atoms with Crippen LogP contribution >= 0.6 is 0 Å². The Morgan fingerprint density at radius 2 is 1.15 bits per heavy atom. The van der Waals surface area contributed by atoms with E-state index in [0.717, 1.165) is 12.1 Å². The fraction of sp³-hybridized carbons (Fsp3) is 0.333. The van der Waals surface area contributed by atoms with Crippen LogP contribution in [-0.4, -0.2) is 45.2 Å². The third-order valence-corrected chi connectivity index (χ3v) is 5.01. The molecule has 0 heterocycles. The van der Waals surface area contributed by atoms with Crippen LogP contribution in [-0.2, 0) is 14.9 Å². The summed E-state index contributed by atoms with van der Waals surface area (Å²) in [5, 5.41) is 43.4. The number of rotatable bonds is 8. The number of hydrogen-bond donors (Lipinski definition) is 2. The van der Waals surface area contributed by atoms with Crippen molar-refractivity contribution in [2.24, 2.45) is 0 Å². The van der Waals surface area contributed by atoms with E-state index in [1.807, 2.05) is 0 Å². The normalized spacial score (nSPS) is 11.0. The Morgan fingerprint density at radius 3 is 1.42 bits per heavy atom. The molecule has 0 radical (unpaired) electrons. The molecule has 0 saturated carbocycles.